The number of Topliss-reactive ketones (excluding diaryl/α,β-unsaturated/α-hetero) is 1. The number of hydrogen-bond donors (Lipinski definition) is 2. The highest BCUT2D eigenvalue weighted by atomic mass is 16.5. The lowest BCUT2D eigenvalue weighted by molar-refractivity contribution is -0.140. The van der Waals surface area contributed by atoms with Crippen LogP contribution in [0.4, 0.5) is 0 Å². The number of amides is 1. The molecule has 1 atom stereocenters. The highest BCUT2D eigenvalue weighted by Gasteiger charge is 2.46. The normalized spacial score (nSPS) is 18.7. The van der Waals surface area contributed by atoms with E-state index in [1.165, 1.54) is 11.0 Å². The molecule has 3 aromatic carbocycles. The molecule has 9 nitrogen and oxygen atoms in total. The van der Waals surface area contributed by atoms with Gasteiger partial charge in [-0.3, -0.25) is 14.5 Å². The highest BCUT2D eigenvalue weighted by Crippen LogP contribution is 2.42. The molecule has 0 aliphatic carbocycles. The van der Waals surface area contributed by atoms with E-state index in [0.29, 0.717) is 56.3 Å². The smallest absolute Gasteiger partial charge is 0.295 e. The zero-order chi connectivity index (χ0) is 30.3. The first kappa shape index (κ1) is 30.1. The fraction of sp³-hybridized carbons (Fsp3) is 0.353. The SMILES string of the molecule is CCOc1cc([C@@H]2/C(=C(\O)c3ccc(OCc4ccccc4)c(C)c3)C(=O)C(=O)N2CCCN2CCOCC2)ccc1O. The lowest BCUT2D eigenvalue weighted by Gasteiger charge is -2.29. The third-order valence-corrected chi connectivity index (χ3v) is 7.80. The number of hydrogen-bond acceptors (Lipinski definition) is 8. The number of rotatable bonds is 11. The summed E-state index contributed by atoms with van der Waals surface area (Å²) in [6.07, 6.45) is 0.645. The Hall–Kier alpha value is -4.34. The van der Waals surface area contributed by atoms with Crippen LogP contribution < -0.4 is 9.47 Å². The molecule has 226 valence electrons. The Balaban J connectivity index is 1.46. The number of benzene rings is 3. The summed E-state index contributed by atoms with van der Waals surface area (Å²) in [5.74, 6) is -0.824. The van der Waals surface area contributed by atoms with Crippen molar-refractivity contribution >= 4 is 17.4 Å². The molecule has 0 unspecified atom stereocenters. The quantitative estimate of drug-likeness (QED) is 0.187. The second-order valence-corrected chi connectivity index (χ2v) is 10.7. The molecule has 2 fully saturated rings. The number of carbonyl (C=O) groups excluding carboxylic acids is 2. The van der Waals surface area contributed by atoms with E-state index < -0.39 is 17.7 Å². The summed E-state index contributed by atoms with van der Waals surface area (Å²) in [4.78, 5) is 30.7. The van der Waals surface area contributed by atoms with Crippen LogP contribution in [-0.2, 0) is 20.9 Å². The van der Waals surface area contributed by atoms with Crippen LogP contribution in [0.3, 0.4) is 0 Å². The molecule has 43 heavy (non-hydrogen) atoms. The Morgan fingerprint density at radius 2 is 1.72 bits per heavy atom. The summed E-state index contributed by atoms with van der Waals surface area (Å²) in [6, 6.07) is 18.9. The maximum atomic E-state index is 13.5. The van der Waals surface area contributed by atoms with E-state index in [1.54, 1.807) is 37.3 Å². The Morgan fingerprint density at radius 1 is 0.953 bits per heavy atom. The summed E-state index contributed by atoms with van der Waals surface area (Å²) in [6.45, 7) is 8.46. The molecule has 2 N–H and O–H groups in total. The lowest BCUT2D eigenvalue weighted by atomic mass is 9.94. The van der Waals surface area contributed by atoms with E-state index >= 15 is 0 Å². The molecule has 2 aliphatic rings. The Kier molecular flexibility index (Phi) is 9.64. The molecule has 2 saturated heterocycles. The summed E-state index contributed by atoms with van der Waals surface area (Å²) >= 11 is 0. The van der Waals surface area contributed by atoms with E-state index in [9.17, 15) is 19.8 Å². The van der Waals surface area contributed by atoms with Crippen molar-refractivity contribution in [2.24, 2.45) is 0 Å². The minimum absolute atomic E-state index is 0.00173. The standard InChI is InChI=1S/C34H38N2O7/c1-3-42-29-21-25(10-12-27(29)37)31-30(33(39)34(40)36(31)15-7-14-35-16-18-41-19-17-35)32(38)26-11-13-28(23(2)20-26)43-22-24-8-5-4-6-9-24/h4-6,8-13,20-21,31,37-38H,3,7,14-19,22H2,1-2H3/b32-30+/t31-/m1/s1. The van der Waals surface area contributed by atoms with Crippen molar-refractivity contribution in [2.75, 3.05) is 46.0 Å². The second kappa shape index (κ2) is 13.8. The van der Waals surface area contributed by atoms with Crippen molar-refractivity contribution < 1.29 is 34.0 Å². The molecule has 0 bridgehead atoms. The van der Waals surface area contributed by atoms with Gasteiger partial charge in [0.05, 0.1) is 31.4 Å². The van der Waals surface area contributed by atoms with Crippen molar-refractivity contribution in [3.8, 4) is 17.2 Å². The van der Waals surface area contributed by atoms with Gasteiger partial charge in [-0.2, -0.15) is 0 Å². The number of ketones is 1. The van der Waals surface area contributed by atoms with E-state index in [0.717, 1.165) is 30.8 Å². The van der Waals surface area contributed by atoms with Crippen LogP contribution in [0.25, 0.3) is 5.76 Å². The molecule has 9 heteroatoms. The van der Waals surface area contributed by atoms with E-state index in [1.807, 2.05) is 37.3 Å². The Bertz CT molecular complexity index is 1480. The van der Waals surface area contributed by atoms with Gasteiger partial charge in [0, 0.05) is 31.7 Å². The number of aromatic hydroxyl groups is 1. The number of phenols is 1. The number of ether oxygens (including phenoxy) is 3. The molecular formula is C34H38N2O7. The number of likely N-dealkylation sites (tertiary alicyclic amines) is 1. The number of morpholine rings is 1. The number of phenolic OH excluding ortho intramolecular Hbond substituents is 1. The summed E-state index contributed by atoms with van der Waals surface area (Å²) < 4.78 is 17.0. The third-order valence-electron chi connectivity index (χ3n) is 7.80. The van der Waals surface area contributed by atoms with Gasteiger partial charge >= 0.3 is 0 Å². The zero-order valence-electron chi connectivity index (χ0n) is 24.6. The van der Waals surface area contributed by atoms with E-state index in [2.05, 4.69) is 4.90 Å². The number of carbonyl (C=O) groups is 2. The van der Waals surface area contributed by atoms with Gasteiger partial charge in [0.25, 0.3) is 11.7 Å². The Labute approximate surface area is 251 Å². The number of aryl methyl sites for hydroxylation is 1. The van der Waals surface area contributed by atoms with Crippen molar-refractivity contribution in [1.29, 1.82) is 0 Å². The van der Waals surface area contributed by atoms with Crippen LogP contribution in [0.1, 0.15) is 41.6 Å². The van der Waals surface area contributed by atoms with Crippen LogP contribution in [0.15, 0.2) is 72.3 Å². The van der Waals surface area contributed by atoms with Gasteiger partial charge in [-0.15, -0.1) is 0 Å². The molecule has 0 spiro atoms. The largest absolute Gasteiger partial charge is 0.507 e. The first-order valence-electron chi connectivity index (χ1n) is 14.7. The molecule has 0 saturated carbocycles. The van der Waals surface area contributed by atoms with Crippen LogP contribution >= 0.6 is 0 Å². The second-order valence-electron chi connectivity index (χ2n) is 10.7. The highest BCUT2D eigenvalue weighted by molar-refractivity contribution is 6.46. The molecule has 2 aliphatic heterocycles. The van der Waals surface area contributed by atoms with Crippen molar-refractivity contribution in [3.63, 3.8) is 0 Å². The van der Waals surface area contributed by atoms with E-state index in [-0.39, 0.29) is 22.8 Å². The van der Waals surface area contributed by atoms with E-state index in [4.69, 9.17) is 14.2 Å². The summed E-state index contributed by atoms with van der Waals surface area (Å²) in [5, 5.41) is 21.9. The fourth-order valence-corrected chi connectivity index (χ4v) is 5.57. The monoisotopic (exact) mass is 586 g/mol. The summed E-state index contributed by atoms with van der Waals surface area (Å²) in [5.41, 5.74) is 2.78. The predicted molar refractivity (Wildman–Crippen MR) is 162 cm³/mol. The topological polar surface area (TPSA) is 109 Å². The number of nitrogens with zero attached hydrogens (tertiary/aromatic N) is 2. The number of aliphatic hydroxyl groups excluding tert-OH is 1. The van der Waals surface area contributed by atoms with Crippen LogP contribution in [0.2, 0.25) is 0 Å². The molecular weight excluding hydrogens is 548 g/mol. The van der Waals surface area contributed by atoms with Gasteiger partial charge in [-0.05, 0) is 67.3 Å². The van der Waals surface area contributed by atoms with Gasteiger partial charge in [-0.25, -0.2) is 0 Å². The fourth-order valence-electron chi connectivity index (χ4n) is 5.57. The van der Waals surface area contributed by atoms with Crippen LogP contribution in [0, 0.1) is 6.92 Å². The first-order chi connectivity index (χ1) is 20.9. The van der Waals surface area contributed by atoms with Crippen molar-refractivity contribution in [2.45, 2.75) is 32.9 Å². The molecule has 1 amide bonds. The maximum Gasteiger partial charge on any atom is 0.295 e. The number of aliphatic hydroxyl groups is 1. The average Bonchev–Trinajstić information content (AvgIpc) is 3.27. The Morgan fingerprint density at radius 3 is 2.44 bits per heavy atom. The van der Waals surface area contributed by atoms with Gasteiger partial charge < -0.3 is 29.3 Å². The van der Waals surface area contributed by atoms with Crippen LogP contribution in [0.5, 0.6) is 17.2 Å². The molecule has 2 heterocycles. The molecule has 3 aromatic rings. The lowest BCUT2D eigenvalue weighted by Crippen LogP contribution is -2.38. The van der Waals surface area contributed by atoms with Gasteiger partial charge in [0.1, 0.15) is 18.1 Å². The van der Waals surface area contributed by atoms with Crippen molar-refractivity contribution in [1.82, 2.24) is 9.80 Å². The van der Waals surface area contributed by atoms with Gasteiger partial charge in [-0.1, -0.05) is 36.4 Å². The molecule has 5 rings (SSSR count). The van der Waals surface area contributed by atoms with Crippen molar-refractivity contribution in [3.05, 3.63) is 94.6 Å². The maximum absolute atomic E-state index is 13.5. The minimum atomic E-state index is -0.848. The minimum Gasteiger partial charge on any atom is -0.507 e. The zero-order valence-corrected chi connectivity index (χ0v) is 24.6. The molecule has 0 radical (unpaired) electrons. The molecule has 0 aromatic heterocycles. The third kappa shape index (κ3) is 6.84. The van der Waals surface area contributed by atoms with Gasteiger partial charge in [0.15, 0.2) is 11.5 Å². The van der Waals surface area contributed by atoms with Gasteiger partial charge in [0.2, 0.25) is 0 Å². The van der Waals surface area contributed by atoms with Crippen LogP contribution in [-0.4, -0.2) is 77.7 Å². The predicted octanol–water partition coefficient (Wildman–Crippen LogP) is 4.82. The first-order valence-corrected chi connectivity index (χ1v) is 14.7. The summed E-state index contributed by atoms with van der Waals surface area (Å²) in [7, 11) is 0. The average molecular weight is 587 g/mol.